The van der Waals surface area contributed by atoms with Crippen molar-refractivity contribution in [3.63, 3.8) is 0 Å². The van der Waals surface area contributed by atoms with Crippen molar-refractivity contribution < 1.29 is 8.42 Å². The van der Waals surface area contributed by atoms with Crippen LogP contribution in [0, 0.1) is 5.92 Å². The summed E-state index contributed by atoms with van der Waals surface area (Å²) in [6.45, 7) is 5.50. The Bertz CT molecular complexity index is 552. The molecule has 4 nitrogen and oxygen atoms in total. The van der Waals surface area contributed by atoms with Crippen LogP contribution >= 0.6 is 0 Å². The van der Waals surface area contributed by atoms with Crippen molar-refractivity contribution in [2.75, 3.05) is 32.9 Å². The van der Waals surface area contributed by atoms with Gasteiger partial charge in [-0.3, -0.25) is 4.90 Å². The maximum absolute atomic E-state index is 11.5. The van der Waals surface area contributed by atoms with E-state index < -0.39 is 9.84 Å². The van der Waals surface area contributed by atoms with Gasteiger partial charge in [-0.05, 0) is 63.5 Å². The van der Waals surface area contributed by atoms with Crippen molar-refractivity contribution in [3.05, 3.63) is 29.8 Å². The van der Waals surface area contributed by atoms with Gasteiger partial charge >= 0.3 is 0 Å². The number of nitrogens with one attached hydrogen (secondary N) is 1. The maximum atomic E-state index is 11.5. The highest BCUT2D eigenvalue weighted by atomic mass is 32.2. The second-order valence-electron chi connectivity index (χ2n) is 6.08. The molecule has 1 heterocycles. The van der Waals surface area contributed by atoms with Crippen LogP contribution in [0.25, 0.3) is 0 Å². The predicted molar refractivity (Wildman–Crippen MR) is 86.2 cm³/mol. The first kappa shape index (κ1) is 16.5. The highest BCUT2D eigenvalue weighted by molar-refractivity contribution is 7.90. The van der Waals surface area contributed by atoms with Gasteiger partial charge < -0.3 is 5.32 Å². The lowest BCUT2D eigenvalue weighted by Crippen LogP contribution is -2.40. The van der Waals surface area contributed by atoms with E-state index in [0.29, 0.717) is 16.9 Å². The van der Waals surface area contributed by atoms with Crippen LogP contribution in [0.2, 0.25) is 0 Å². The van der Waals surface area contributed by atoms with E-state index in [1.54, 1.807) is 12.1 Å². The first-order valence-corrected chi connectivity index (χ1v) is 9.49. The van der Waals surface area contributed by atoms with E-state index >= 15 is 0 Å². The Labute approximate surface area is 128 Å². The fraction of sp³-hybridized carbons (Fsp3) is 0.625. The second kappa shape index (κ2) is 6.90. The van der Waals surface area contributed by atoms with Crippen LogP contribution in [-0.2, 0) is 9.84 Å². The molecule has 0 saturated carbocycles. The highest BCUT2D eigenvalue weighted by Gasteiger charge is 2.24. The SMILES string of the molecule is CNCC1CCCN(C(C)c2ccc(S(C)(=O)=O)cc2)C1. The molecule has 2 unspecified atom stereocenters. The molecule has 0 bridgehead atoms. The van der Waals surface area contributed by atoms with Crippen LogP contribution in [0.5, 0.6) is 0 Å². The standard InChI is InChI=1S/C16H26N2O2S/c1-13(18-10-4-5-14(12-18)11-17-2)15-6-8-16(9-7-15)21(3,19)20/h6-9,13-14,17H,4-5,10-12H2,1-3H3. The lowest BCUT2D eigenvalue weighted by molar-refractivity contribution is 0.131. The Hall–Kier alpha value is -0.910. The quantitative estimate of drug-likeness (QED) is 0.905. The zero-order valence-electron chi connectivity index (χ0n) is 13.2. The molecule has 0 aromatic heterocycles. The monoisotopic (exact) mass is 310 g/mol. The molecule has 2 atom stereocenters. The Morgan fingerprint density at radius 1 is 1.33 bits per heavy atom. The molecule has 1 fully saturated rings. The molecule has 5 heteroatoms. The molecule has 21 heavy (non-hydrogen) atoms. The molecule has 1 aromatic rings. The van der Waals surface area contributed by atoms with Gasteiger partial charge in [0.25, 0.3) is 0 Å². The molecule has 0 spiro atoms. The third kappa shape index (κ3) is 4.28. The van der Waals surface area contributed by atoms with Crippen molar-refractivity contribution >= 4 is 9.84 Å². The fourth-order valence-electron chi connectivity index (χ4n) is 3.11. The summed E-state index contributed by atoms with van der Waals surface area (Å²) in [6, 6.07) is 7.66. The van der Waals surface area contributed by atoms with Crippen LogP contribution in [0.15, 0.2) is 29.2 Å². The summed E-state index contributed by atoms with van der Waals surface area (Å²) >= 11 is 0. The molecule has 0 aliphatic carbocycles. The molecule has 118 valence electrons. The van der Waals surface area contributed by atoms with E-state index in [4.69, 9.17) is 0 Å². The van der Waals surface area contributed by atoms with Gasteiger partial charge in [-0.25, -0.2) is 8.42 Å². The van der Waals surface area contributed by atoms with Gasteiger partial charge in [-0.1, -0.05) is 12.1 Å². The number of piperidine rings is 1. The summed E-state index contributed by atoms with van der Waals surface area (Å²) in [5, 5.41) is 3.27. The zero-order valence-corrected chi connectivity index (χ0v) is 14.0. The van der Waals surface area contributed by atoms with Crippen LogP contribution < -0.4 is 5.32 Å². The molecule has 1 saturated heterocycles. The Morgan fingerprint density at radius 3 is 2.57 bits per heavy atom. The molecule has 1 N–H and O–H groups in total. The number of benzene rings is 1. The number of sulfone groups is 1. The van der Waals surface area contributed by atoms with E-state index in [0.717, 1.165) is 19.6 Å². The minimum atomic E-state index is -3.11. The smallest absolute Gasteiger partial charge is 0.175 e. The Kier molecular flexibility index (Phi) is 5.41. The Balaban J connectivity index is 2.07. The van der Waals surface area contributed by atoms with Crippen LogP contribution in [0.1, 0.15) is 31.4 Å². The van der Waals surface area contributed by atoms with E-state index in [9.17, 15) is 8.42 Å². The van der Waals surface area contributed by atoms with E-state index in [1.165, 1.54) is 24.7 Å². The molecule has 0 radical (unpaired) electrons. The fourth-order valence-corrected chi connectivity index (χ4v) is 3.74. The van der Waals surface area contributed by atoms with Crippen LogP contribution in [0.4, 0.5) is 0 Å². The summed E-state index contributed by atoms with van der Waals surface area (Å²) in [6.07, 6.45) is 3.77. The molecular formula is C16H26N2O2S. The second-order valence-corrected chi connectivity index (χ2v) is 8.09. The van der Waals surface area contributed by atoms with Crippen LogP contribution in [0.3, 0.4) is 0 Å². The molecule has 2 rings (SSSR count). The number of rotatable bonds is 5. The van der Waals surface area contributed by atoms with Crippen molar-refractivity contribution in [1.82, 2.24) is 10.2 Å². The van der Waals surface area contributed by atoms with Gasteiger partial charge in [0.15, 0.2) is 9.84 Å². The summed E-state index contributed by atoms with van der Waals surface area (Å²) in [5.41, 5.74) is 1.19. The van der Waals surface area contributed by atoms with Crippen LogP contribution in [-0.4, -0.2) is 46.3 Å². The lowest BCUT2D eigenvalue weighted by atomic mass is 9.95. The third-order valence-electron chi connectivity index (χ3n) is 4.38. The number of likely N-dealkylation sites (tertiary alicyclic amines) is 1. The van der Waals surface area contributed by atoms with Crippen molar-refractivity contribution in [1.29, 1.82) is 0 Å². The topological polar surface area (TPSA) is 49.4 Å². The highest BCUT2D eigenvalue weighted by Crippen LogP contribution is 2.27. The average Bonchev–Trinajstić information content (AvgIpc) is 2.46. The summed E-state index contributed by atoms with van der Waals surface area (Å²) in [5.74, 6) is 0.710. The van der Waals surface area contributed by atoms with E-state index in [2.05, 4.69) is 17.1 Å². The van der Waals surface area contributed by atoms with Gasteiger partial charge in [0.05, 0.1) is 4.90 Å². The van der Waals surface area contributed by atoms with Gasteiger partial charge in [-0.15, -0.1) is 0 Å². The predicted octanol–water partition coefficient (Wildman–Crippen LogP) is 2.08. The van der Waals surface area contributed by atoms with Crippen molar-refractivity contribution in [2.24, 2.45) is 5.92 Å². The normalized spacial score (nSPS) is 22.1. The minimum absolute atomic E-state index is 0.332. The molecular weight excluding hydrogens is 284 g/mol. The van der Waals surface area contributed by atoms with E-state index in [1.807, 2.05) is 19.2 Å². The summed E-state index contributed by atoms with van der Waals surface area (Å²) in [7, 11) is -1.10. The number of hydrogen-bond acceptors (Lipinski definition) is 4. The maximum Gasteiger partial charge on any atom is 0.175 e. The first-order valence-electron chi connectivity index (χ1n) is 7.60. The molecule has 1 aromatic carbocycles. The Morgan fingerprint density at radius 2 is 2.00 bits per heavy atom. The van der Waals surface area contributed by atoms with Gasteiger partial charge in [0, 0.05) is 18.8 Å². The molecule has 0 amide bonds. The summed E-state index contributed by atoms with van der Waals surface area (Å²) in [4.78, 5) is 2.89. The van der Waals surface area contributed by atoms with E-state index in [-0.39, 0.29) is 0 Å². The van der Waals surface area contributed by atoms with Gasteiger partial charge in [0.2, 0.25) is 0 Å². The van der Waals surface area contributed by atoms with Crippen molar-refractivity contribution in [2.45, 2.75) is 30.7 Å². The summed E-state index contributed by atoms with van der Waals surface area (Å²) < 4.78 is 23.0. The average molecular weight is 310 g/mol. The van der Waals surface area contributed by atoms with Crippen molar-refractivity contribution in [3.8, 4) is 0 Å². The largest absolute Gasteiger partial charge is 0.319 e. The third-order valence-corrected chi connectivity index (χ3v) is 5.51. The van der Waals surface area contributed by atoms with Gasteiger partial charge in [0.1, 0.15) is 0 Å². The minimum Gasteiger partial charge on any atom is -0.319 e. The number of nitrogens with zero attached hydrogens (tertiary/aromatic N) is 1. The number of hydrogen-bond donors (Lipinski definition) is 1. The lowest BCUT2D eigenvalue weighted by Gasteiger charge is -2.37. The molecule has 1 aliphatic rings. The van der Waals surface area contributed by atoms with Gasteiger partial charge in [-0.2, -0.15) is 0 Å². The zero-order chi connectivity index (χ0) is 15.5. The first-order chi connectivity index (χ1) is 9.91. The molecule has 1 aliphatic heterocycles.